The van der Waals surface area contributed by atoms with E-state index in [1.54, 1.807) is 39.0 Å². The second-order valence-electron chi connectivity index (χ2n) is 4.68. The summed E-state index contributed by atoms with van der Waals surface area (Å²) in [5, 5.41) is 20.1. The molecule has 0 saturated heterocycles. The highest BCUT2D eigenvalue weighted by Crippen LogP contribution is 2.32. The maximum absolute atomic E-state index is 11.0. The first-order valence-electron chi connectivity index (χ1n) is 6.23. The Bertz CT molecular complexity index is 763. The van der Waals surface area contributed by atoms with Crippen LogP contribution in [0, 0.1) is 42.2 Å². The number of nitro groups is 1. The zero-order chi connectivity index (χ0) is 15.6. The van der Waals surface area contributed by atoms with Crippen LogP contribution in [0.1, 0.15) is 22.4 Å². The van der Waals surface area contributed by atoms with Crippen LogP contribution in [0.4, 0.5) is 5.69 Å². The largest absolute Gasteiger partial charge is 0.437 e. The van der Waals surface area contributed by atoms with Crippen LogP contribution in [0.25, 0.3) is 0 Å². The zero-order valence-electron chi connectivity index (χ0n) is 11.9. The molecule has 0 aliphatic heterocycles. The second-order valence-corrected chi connectivity index (χ2v) is 4.68. The predicted octanol–water partition coefficient (Wildman–Crippen LogP) is 3.58. The Kier molecular flexibility index (Phi) is 3.85. The average molecular weight is 283 g/mol. The molecule has 0 saturated carbocycles. The minimum atomic E-state index is -0.462. The van der Waals surface area contributed by atoms with Gasteiger partial charge in [-0.1, -0.05) is 0 Å². The molecule has 0 atom stereocenters. The second kappa shape index (κ2) is 5.59. The molecule has 2 aromatic rings. The molecule has 6 nitrogen and oxygen atoms in total. The number of benzene rings is 1. The van der Waals surface area contributed by atoms with Gasteiger partial charge in [-0.15, -0.1) is 0 Å². The van der Waals surface area contributed by atoms with Gasteiger partial charge in [0.05, 0.1) is 11.0 Å². The first kappa shape index (κ1) is 14.5. The van der Waals surface area contributed by atoms with E-state index in [2.05, 4.69) is 4.98 Å². The van der Waals surface area contributed by atoms with Crippen molar-refractivity contribution in [2.24, 2.45) is 0 Å². The molecule has 0 aliphatic rings. The van der Waals surface area contributed by atoms with E-state index in [9.17, 15) is 10.1 Å². The SMILES string of the molecule is Cc1ccc(C#N)c(Oc2cc([N+](=O)[O-])c(C)cc2C)n1. The number of hydrogen-bond donors (Lipinski definition) is 0. The molecule has 0 amide bonds. The number of nitro benzene ring substituents is 1. The molecule has 0 N–H and O–H groups in total. The van der Waals surface area contributed by atoms with Crippen molar-refractivity contribution in [2.75, 3.05) is 0 Å². The molecule has 1 aromatic carbocycles. The molecule has 0 spiro atoms. The van der Waals surface area contributed by atoms with Crippen LogP contribution in [-0.4, -0.2) is 9.91 Å². The zero-order valence-corrected chi connectivity index (χ0v) is 11.9. The molecule has 0 bridgehead atoms. The Labute approximate surface area is 121 Å². The van der Waals surface area contributed by atoms with Gasteiger partial charge in [0.2, 0.25) is 5.88 Å². The first-order chi connectivity index (χ1) is 9.92. The lowest BCUT2D eigenvalue weighted by molar-refractivity contribution is -0.385. The topological polar surface area (TPSA) is 89.0 Å². The molecule has 1 heterocycles. The summed E-state index contributed by atoms with van der Waals surface area (Å²) in [5.74, 6) is 0.473. The van der Waals surface area contributed by atoms with Crippen molar-refractivity contribution >= 4 is 5.69 Å². The van der Waals surface area contributed by atoms with Crippen LogP contribution in [0.5, 0.6) is 11.6 Å². The standard InChI is InChI=1S/C15H13N3O3/c1-9-6-10(2)14(7-13(9)18(19)20)21-15-12(8-16)5-4-11(3)17-15/h4-7H,1-3H3. The molecule has 0 aliphatic carbocycles. The van der Waals surface area contributed by atoms with Crippen LogP contribution in [-0.2, 0) is 0 Å². The number of nitriles is 1. The highest BCUT2D eigenvalue weighted by Gasteiger charge is 2.16. The number of rotatable bonds is 3. The van der Waals surface area contributed by atoms with E-state index in [4.69, 9.17) is 10.00 Å². The summed E-state index contributed by atoms with van der Waals surface area (Å²) in [7, 11) is 0. The van der Waals surface area contributed by atoms with Crippen molar-refractivity contribution in [1.82, 2.24) is 4.98 Å². The van der Waals surface area contributed by atoms with Crippen LogP contribution in [0.3, 0.4) is 0 Å². The average Bonchev–Trinajstić information content (AvgIpc) is 2.41. The van der Waals surface area contributed by atoms with Crippen LogP contribution < -0.4 is 4.74 Å². The van der Waals surface area contributed by atoms with Gasteiger partial charge in [0, 0.05) is 11.3 Å². The Balaban J connectivity index is 2.50. The third kappa shape index (κ3) is 2.98. The summed E-state index contributed by atoms with van der Waals surface area (Å²) in [6.07, 6.45) is 0. The van der Waals surface area contributed by atoms with E-state index in [1.807, 2.05) is 6.07 Å². The quantitative estimate of drug-likeness (QED) is 0.634. The Morgan fingerprint density at radius 2 is 1.95 bits per heavy atom. The number of pyridine rings is 1. The first-order valence-corrected chi connectivity index (χ1v) is 6.23. The smallest absolute Gasteiger partial charge is 0.276 e. The number of aryl methyl sites for hydroxylation is 3. The number of aromatic nitrogens is 1. The third-order valence-electron chi connectivity index (χ3n) is 3.02. The van der Waals surface area contributed by atoms with Gasteiger partial charge in [0.15, 0.2) is 0 Å². The van der Waals surface area contributed by atoms with Crippen LogP contribution in [0.15, 0.2) is 24.3 Å². The molecular weight excluding hydrogens is 270 g/mol. The van der Waals surface area contributed by atoms with E-state index >= 15 is 0 Å². The maximum Gasteiger partial charge on any atom is 0.276 e. The van der Waals surface area contributed by atoms with Crippen molar-refractivity contribution in [3.05, 3.63) is 56.8 Å². The van der Waals surface area contributed by atoms with Crippen molar-refractivity contribution in [1.29, 1.82) is 5.26 Å². The molecule has 106 valence electrons. The van der Waals surface area contributed by atoms with Crippen molar-refractivity contribution < 1.29 is 9.66 Å². The van der Waals surface area contributed by atoms with Crippen LogP contribution in [0.2, 0.25) is 0 Å². The molecule has 0 fully saturated rings. The Morgan fingerprint density at radius 1 is 1.24 bits per heavy atom. The summed E-state index contributed by atoms with van der Waals surface area (Å²) < 4.78 is 5.62. The summed E-state index contributed by atoms with van der Waals surface area (Å²) in [6, 6.07) is 8.33. The molecule has 6 heteroatoms. The van der Waals surface area contributed by atoms with Crippen LogP contribution >= 0.6 is 0 Å². The van der Waals surface area contributed by atoms with Gasteiger partial charge in [-0.05, 0) is 44.5 Å². The third-order valence-corrected chi connectivity index (χ3v) is 3.02. The van der Waals surface area contributed by atoms with E-state index in [-0.39, 0.29) is 17.1 Å². The normalized spacial score (nSPS) is 10.0. The molecular formula is C15H13N3O3. The minimum absolute atomic E-state index is 0.0261. The monoisotopic (exact) mass is 283 g/mol. The lowest BCUT2D eigenvalue weighted by atomic mass is 10.1. The van der Waals surface area contributed by atoms with Crippen molar-refractivity contribution in [3.63, 3.8) is 0 Å². The van der Waals surface area contributed by atoms with Gasteiger partial charge in [-0.25, -0.2) is 4.98 Å². The van der Waals surface area contributed by atoms with E-state index < -0.39 is 4.92 Å². The number of ether oxygens (including phenoxy) is 1. The number of hydrogen-bond acceptors (Lipinski definition) is 5. The van der Waals surface area contributed by atoms with Gasteiger partial charge in [-0.3, -0.25) is 10.1 Å². The molecule has 21 heavy (non-hydrogen) atoms. The Morgan fingerprint density at radius 3 is 2.57 bits per heavy atom. The van der Waals surface area contributed by atoms with Gasteiger partial charge in [-0.2, -0.15) is 5.26 Å². The molecule has 2 rings (SSSR count). The van der Waals surface area contributed by atoms with Gasteiger partial charge in [0.25, 0.3) is 5.69 Å². The predicted molar refractivity (Wildman–Crippen MR) is 76.3 cm³/mol. The van der Waals surface area contributed by atoms with E-state index in [0.29, 0.717) is 17.0 Å². The van der Waals surface area contributed by atoms with Gasteiger partial charge >= 0.3 is 0 Å². The summed E-state index contributed by atoms with van der Waals surface area (Å²) in [4.78, 5) is 14.7. The highest BCUT2D eigenvalue weighted by molar-refractivity contribution is 5.51. The van der Waals surface area contributed by atoms with E-state index in [1.165, 1.54) is 6.07 Å². The van der Waals surface area contributed by atoms with Gasteiger partial charge in [0.1, 0.15) is 17.4 Å². The molecule has 1 aromatic heterocycles. The number of nitrogens with zero attached hydrogens (tertiary/aromatic N) is 3. The fourth-order valence-electron chi connectivity index (χ4n) is 1.93. The van der Waals surface area contributed by atoms with Gasteiger partial charge < -0.3 is 4.74 Å². The lowest BCUT2D eigenvalue weighted by Crippen LogP contribution is -1.98. The van der Waals surface area contributed by atoms with Crippen molar-refractivity contribution in [3.8, 4) is 17.7 Å². The molecule has 0 radical (unpaired) electrons. The fourth-order valence-corrected chi connectivity index (χ4v) is 1.93. The van der Waals surface area contributed by atoms with E-state index in [0.717, 1.165) is 5.56 Å². The summed E-state index contributed by atoms with van der Waals surface area (Å²) >= 11 is 0. The highest BCUT2D eigenvalue weighted by atomic mass is 16.6. The Hall–Kier alpha value is -2.94. The van der Waals surface area contributed by atoms with Crippen molar-refractivity contribution in [2.45, 2.75) is 20.8 Å². The maximum atomic E-state index is 11.0. The lowest BCUT2D eigenvalue weighted by Gasteiger charge is -2.10. The summed E-state index contributed by atoms with van der Waals surface area (Å²) in [5.41, 5.74) is 2.25. The summed E-state index contributed by atoms with van der Waals surface area (Å²) in [6.45, 7) is 5.23. The molecule has 0 unspecified atom stereocenters. The minimum Gasteiger partial charge on any atom is -0.437 e. The fraction of sp³-hybridized carbons (Fsp3) is 0.200.